The molecule has 0 saturated heterocycles. The number of alkyl halides is 3. The van der Waals surface area contributed by atoms with Gasteiger partial charge < -0.3 is 9.64 Å². The highest BCUT2D eigenvalue weighted by Gasteiger charge is 2.29. The Morgan fingerprint density at radius 3 is 2.54 bits per heavy atom. The van der Waals surface area contributed by atoms with Crippen molar-refractivity contribution in [2.24, 2.45) is 0 Å². The van der Waals surface area contributed by atoms with E-state index >= 15 is 0 Å². The van der Waals surface area contributed by atoms with E-state index in [1.54, 1.807) is 0 Å². The maximum atomic E-state index is 13.8. The first kappa shape index (κ1) is 20.3. The minimum atomic E-state index is -4.54. The Balaban J connectivity index is 2.12. The predicted octanol–water partition coefficient (Wildman–Crippen LogP) is 4.74. The van der Waals surface area contributed by atoms with E-state index in [9.17, 15) is 22.4 Å². The lowest BCUT2D eigenvalue weighted by Crippen LogP contribution is -2.27. The van der Waals surface area contributed by atoms with Crippen molar-refractivity contribution in [3.8, 4) is 5.88 Å². The third-order valence-corrected chi connectivity index (χ3v) is 3.86. The van der Waals surface area contributed by atoms with Crippen LogP contribution in [0.2, 0.25) is 10.0 Å². The number of halogens is 6. The van der Waals surface area contributed by atoms with E-state index in [1.165, 1.54) is 30.1 Å². The van der Waals surface area contributed by atoms with Crippen molar-refractivity contribution in [3.63, 3.8) is 0 Å². The molecular formula is C16H12Cl2F4N2O2. The van der Waals surface area contributed by atoms with Crippen LogP contribution in [0.3, 0.4) is 0 Å². The molecule has 0 aliphatic heterocycles. The van der Waals surface area contributed by atoms with Crippen LogP contribution in [0.25, 0.3) is 0 Å². The molecule has 1 heterocycles. The number of ether oxygens (including phenoxy) is 1. The molecule has 10 heteroatoms. The van der Waals surface area contributed by atoms with Crippen LogP contribution in [0, 0.1) is 5.82 Å². The second-order valence-electron chi connectivity index (χ2n) is 5.28. The molecule has 0 aliphatic rings. The van der Waals surface area contributed by atoms with Gasteiger partial charge in [0.1, 0.15) is 10.8 Å². The van der Waals surface area contributed by atoms with Crippen molar-refractivity contribution >= 4 is 29.1 Å². The Morgan fingerprint density at radius 2 is 1.96 bits per heavy atom. The number of hydrogen-bond donors (Lipinski definition) is 0. The summed E-state index contributed by atoms with van der Waals surface area (Å²) >= 11 is 11.7. The molecule has 2 aromatic rings. The maximum Gasteiger partial charge on any atom is 0.422 e. The third-order valence-electron chi connectivity index (χ3n) is 3.23. The fraction of sp³-hybridized carbons (Fsp3) is 0.250. The van der Waals surface area contributed by atoms with Gasteiger partial charge in [-0.15, -0.1) is 0 Å². The van der Waals surface area contributed by atoms with Crippen LogP contribution < -0.4 is 4.74 Å². The van der Waals surface area contributed by atoms with Crippen molar-refractivity contribution < 1.29 is 27.1 Å². The Hall–Kier alpha value is -2.06. The lowest BCUT2D eigenvalue weighted by Gasteiger charge is -2.19. The number of amides is 1. The number of nitrogens with zero attached hydrogens (tertiary/aromatic N) is 2. The van der Waals surface area contributed by atoms with Crippen molar-refractivity contribution in [1.29, 1.82) is 0 Å². The minimum Gasteiger partial charge on any atom is -0.467 e. The molecule has 0 aliphatic carbocycles. The van der Waals surface area contributed by atoms with E-state index in [0.29, 0.717) is 0 Å². The van der Waals surface area contributed by atoms with E-state index in [-0.39, 0.29) is 27.7 Å². The standard InChI is InChI=1S/C16H12Cl2F4N2O2/c1-24(7-10-11(17)3-2-4-13(10)19)15(25)9-5-12(18)14(23-6-9)26-8-16(20,21)22/h2-6H,7-8H2,1H3. The highest BCUT2D eigenvalue weighted by Crippen LogP contribution is 2.26. The molecular weight excluding hydrogens is 399 g/mol. The van der Waals surface area contributed by atoms with E-state index in [2.05, 4.69) is 9.72 Å². The number of carbonyl (C=O) groups is 1. The van der Waals surface area contributed by atoms with Crippen LogP contribution in [0.15, 0.2) is 30.5 Å². The smallest absolute Gasteiger partial charge is 0.422 e. The Kier molecular flexibility index (Phi) is 6.30. The molecule has 4 nitrogen and oxygen atoms in total. The van der Waals surface area contributed by atoms with Gasteiger partial charge in [0.2, 0.25) is 5.88 Å². The molecule has 0 spiro atoms. The highest BCUT2D eigenvalue weighted by atomic mass is 35.5. The number of aromatic nitrogens is 1. The van der Waals surface area contributed by atoms with Crippen LogP contribution in [0.1, 0.15) is 15.9 Å². The molecule has 0 bridgehead atoms. The fourth-order valence-corrected chi connectivity index (χ4v) is 2.46. The fourth-order valence-electron chi connectivity index (χ4n) is 2.01. The second-order valence-corrected chi connectivity index (χ2v) is 6.09. The van der Waals surface area contributed by atoms with Crippen LogP contribution >= 0.6 is 23.2 Å². The summed E-state index contributed by atoms with van der Waals surface area (Å²) in [5, 5.41) is -0.0888. The zero-order valence-electron chi connectivity index (χ0n) is 13.3. The van der Waals surface area contributed by atoms with Gasteiger partial charge in [-0.1, -0.05) is 29.3 Å². The van der Waals surface area contributed by atoms with Crippen molar-refractivity contribution in [2.75, 3.05) is 13.7 Å². The van der Waals surface area contributed by atoms with E-state index in [4.69, 9.17) is 23.2 Å². The summed E-state index contributed by atoms with van der Waals surface area (Å²) < 4.78 is 54.8. The average Bonchev–Trinajstić information content (AvgIpc) is 2.55. The molecule has 1 aromatic heterocycles. The molecule has 0 atom stereocenters. The van der Waals surface area contributed by atoms with Gasteiger partial charge in [0.05, 0.1) is 5.56 Å². The number of rotatable bonds is 5. The molecule has 1 aromatic carbocycles. The summed E-state index contributed by atoms with van der Waals surface area (Å²) in [5.74, 6) is -1.58. The third kappa shape index (κ3) is 5.22. The zero-order chi connectivity index (χ0) is 19.5. The summed E-state index contributed by atoms with van der Waals surface area (Å²) in [6, 6.07) is 5.27. The topological polar surface area (TPSA) is 42.4 Å². The molecule has 1 amide bonds. The van der Waals surface area contributed by atoms with Gasteiger partial charge in [-0.3, -0.25) is 4.79 Å². The monoisotopic (exact) mass is 410 g/mol. The molecule has 0 radical (unpaired) electrons. The highest BCUT2D eigenvalue weighted by molar-refractivity contribution is 6.32. The summed E-state index contributed by atoms with van der Waals surface area (Å²) in [4.78, 5) is 17.2. The number of benzene rings is 1. The van der Waals surface area contributed by atoms with Gasteiger partial charge in [-0.2, -0.15) is 13.2 Å². The van der Waals surface area contributed by atoms with Gasteiger partial charge in [-0.05, 0) is 18.2 Å². The van der Waals surface area contributed by atoms with E-state index in [0.717, 1.165) is 12.3 Å². The molecule has 0 unspecified atom stereocenters. The van der Waals surface area contributed by atoms with E-state index in [1.807, 2.05) is 0 Å². The van der Waals surface area contributed by atoms with Gasteiger partial charge in [-0.25, -0.2) is 9.37 Å². The summed E-state index contributed by atoms with van der Waals surface area (Å²) in [6.45, 7) is -1.67. The quantitative estimate of drug-likeness (QED) is 0.668. The van der Waals surface area contributed by atoms with Gasteiger partial charge in [0, 0.05) is 30.4 Å². The average molecular weight is 411 g/mol. The summed E-state index contributed by atoms with van der Waals surface area (Å²) in [7, 11) is 1.41. The number of hydrogen-bond acceptors (Lipinski definition) is 3. The first-order valence-electron chi connectivity index (χ1n) is 7.12. The predicted molar refractivity (Wildman–Crippen MR) is 88.0 cm³/mol. The van der Waals surface area contributed by atoms with E-state index < -0.39 is 30.4 Å². The first-order chi connectivity index (χ1) is 12.1. The molecule has 2 rings (SSSR count). The largest absolute Gasteiger partial charge is 0.467 e. The molecule has 0 saturated carbocycles. The minimum absolute atomic E-state index is 0.00400. The van der Waals surface area contributed by atoms with Crippen LogP contribution in [0.4, 0.5) is 17.6 Å². The summed E-state index contributed by atoms with van der Waals surface area (Å²) in [6.07, 6.45) is -3.52. The molecule has 0 fully saturated rings. The van der Waals surface area contributed by atoms with Crippen molar-refractivity contribution in [1.82, 2.24) is 9.88 Å². The van der Waals surface area contributed by atoms with Crippen LogP contribution in [0.5, 0.6) is 5.88 Å². The van der Waals surface area contributed by atoms with Crippen LogP contribution in [-0.4, -0.2) is 35.6 Å². The normalized spacial score (nSPS) is 11.3. The number of pyridine rings is 1. The Labute approximate surface area is 156 Å². The van der Waals surface area contributed by atoms with Gasteiger partial charge in [0.25, 0.3) is 5.91 Å². The Bertz CT molecular complexity index is 795. The van der Waals surface area contributed by atoms with Gasteiger partial charge in [0.15, 0.2) is 6.61 Å². The van der Waals surface area contributed by atoms with Gasteiger partial charge >= 0.3 is 6.18 Å². The molecule has 140 valence electrons. The number of carbonyl (C=O) groups excluding carboxylic acids is 1. The summed E-state index contributed by atoms with van der Waals surface area (Å²) in [5.41, 5.74) is 0.138. The lowest BCUT2D eigenvalue weighted by atomic mass is 10.2. The molecule has 26 heavy (non-hydrogen) atoms. The van der Waals surface area contributed by atoms with Crippen molar-refractivity contribution in [2.45, 2.75) is 12.7 Å². The second kappa shape index (κ2) is 8.09. The maximum absolute atomic E-state index is 13.8. The molecule has 0 N–H and O–H groups in total. The first-order valence-corrected chi connectivity index (χ1v) is 7.87. The van der Waals surface area contributed by atoms with Crippen molar-refractivity contribution in [3.05, 3.63) is 57.5 Å². The van der Waals surface area contributed by atoms with Crippen LogP contribution in [-0.2, 0) is 6.54 Å². The lowest BCUT2D eigenvalue weighted by molar-refractivity contribution is -0.154. The Morgan fingerprint density at radius 1 is 1.27 bits per heavy atom. The zero-order valence-corrected chi connectivity index (χ0v) is 14.8. The SMILES string of the molecule is CN(Cc1c(F)cccc1Cl)C(=O)c1cnc(OCC(F)(F)F)c(Cl)c1.